The van der Waals surface area contributed by atoms with E-state index in [1.165, 1.54) is 13.8 Å². The van der Waals surface area contributed by atoms with Crippen molar-refractivity contribution in [3.63, 3.8) is 0 Å². The Balaban J connectivity index is 4.64. The molecule has 0 bridgehead atoms. The van der Waals surface area contributed by atoms with Gasteiger partial charge in [0, 0.05) is 0 Å². The van der Waals surface area contributed by atoms with E-state index in [4.69, 9.17) is 9.47 Å². The molecular formula is C11H21NO6S. The summed E-state index contributed by atoms with van der Waals surface area (Å²) in [7, 11) is -3.68. The minimum atomic E-state index is -3.68. The molecule has 1 amide bonds. The first-order valence-corrected chi connectivity index (χ1v) is 7.60. The van der Waals surface area contributed by atoms with Crippen molar-refractivity contribution in [3.8, 4) is 0 Å². The molecule has 0 saturated heterocycles. The highest BCUT2D eigenvalue weighted by atomic mass is 32.2. The number of ether oxygens (including phenoxy) is 2. The van der Waals surface area contributed by atoms with Gasteiger partial charge in [0.05, 0.1) is 17.8 Å². The Morgan fingerprint density at radius 3 is 2.21 bits per heavy atom. The van der Waals surface area contributed by atoms with E-state index >= 15 is 0 Å². The van der Waals surface area contributed by atoms with Gasteiger partial charge in [-0.25, -0.2) is 17.9 Å². The summed E-state index contributed by atoms with van der Waals surface area (Å²) in [6, 6.07) is 0. The zero-order valence-electron chi connectivity index (χ0n) is 11.8. The fraction of sp³-hybridized carbons (Fsp3) is 0.818. The summed E-state index contributed by atoms with van der Waals surface area (Å²) in [6.45, 7) is 7.87. The third-order valence-corrected chi connectivity index (χ3v) is 3.96. The molecule has 1 N–H and O–H groups in total. The van der Waals surface area contributed by atoms with Crippen molar-refractivity contribution in [1.29, 1.82) is 0 Å². The van der Waals surface area contributed by atoms with Crippen LogP contribution in [0.15, 0.2) is 0 Å². The number of esters is 1. The Kier molecular flexibility index (Phi) is 6.28. The molecule has 0 aliphatic carbocycles. The van der Waals surface area contributed by atoms with Crippen LogP contribution in [-0.4, -0.2) is 38.9 Å². The van der Waals surface area contributed by atoms with Gasteiger partial charge in [0.25, 0.3) is 0 Å². The molecule has 8 heteroatoms. The fourth-order valence-corrected chi connectivity index (χ4v) is 1.46. The molecule has 0 radical (unpaired) electrons. The number of sulfonamides is 1. The van der Waals surface area contributed by atoms with Gasteiger partial charge in [-0.3, -0.25) is 4.79 Å². The van der Waals surface area contributed by atoms with E-state index in [9.17, 15) is 18.0 Å². The van der Waals surface area contributed by atoms with Crippen molar-refractivity contribution >= 4 is 22.1 Å². The summed E-state index contributed by atoms with van der Waals surface area (Å²) in [5.74, 6) is -0.758. The van der Waals surface area contributed by atoms with Crippen molar-refractivity contribution in [2.24, 2.45) is 5.41 Å². The van der Waals surface area contributed by atoms with Crippen LogP contribution in [-0.2, 0) is 24.3 Å². The van der Waals surface area contributed by atoms with E-state index in [0.717, 1.165) is 0 Å². The lowest BCUT2D eigenvalue weighted by molar-refractivity contribution is -0.159. The number of hydrogen-bond acceptors (Lipinski definition) is 6. The van der Waals surface area contributed by atoms with Gasteiger partial charge in [0.1, 0.15) is 6.10 Å². The number of rotatable bonds is 6. The Labute approximate surface area is 113 Å². The first kappa shape index (κ1) is 17.7. The molecule has 0 aliphatic heterocycles. The van der Waals surface area contributed by atoms with Crippen LogP contribution in [0.3, 0.4) is 0 Å². The molecular weight excluding hydrogens is 274 g/mol. The lowest BCUT2D eigenvalue weighted by atomic mass is 9.87. The van der Waals surface area contributed by atoms with Gasteiger partial charge in [-0.1, -0.05) is 0 Å². The lowest BCUT2D eigenvalue weighted by Gasteiger charge is -2.28. The number of carbonyl (C=O) groups is 2. The van der Waals surface area contributed by atoms with E-state index in [0.29, 0.717) is 0 Å². The smallest absolute Gasteiger partial charge is 0.421 e. The molecule has 1 atom stereocenters. The normalized spacial score (nSPS) is 13.5. The minimum Gasteiger partial charge on any atom is -0.465 e. The molecule has 0 aromatic carbocycles. The van der Waals surface area contributed by atoms with E-state index in [1.807, 2.05) is 0 Å². The maximum Gasteiger partial charge on any atom is 0.421 e. The van der Waals surface area contributed by atoms with Crippen LogP contribution < -0.4 is 4.72 Å². The highest BCUT2D eigenvalue weighted by Crippen LogP contribution is 2.25. The van der Waals surface area contributed by atoms with Gasteiger partial charge in [-0.05, 0) is 34.6 Å². The fourth-order valence-electron chi connectivity index (χ4n) is 1.01. The molecule has 19 heavy (non-hydrogen) atoms. The summed E-state index contributed by atoms with van der Waals surface area (Å²) >= 11 is 0. The number of carbonyl (C=O) groups excluding carboxylic acids is 2. The number of nitrogens with one attached hydrogen (secondary N) is 1. The van der Waals surface area contributed by atoms with Crippen LogP contribution in [0.25, 0.3) is 0 Å². The van der Waals surface area contributed by atoms with Crippen molar-refractivity contribution in [2.45, 2.75) is 40.7 Å². The van der Waals surface area contributed by atoms with Gasteiger partial charge in [-0.15, -0.1) is 0 Å². The molecule has 0 aromatic heterocycles. The van der Waals surface area contributed by atoms with Crippen molar-refractivity contribution in [2.75, 3.05) is 12.4 Å². The molecule has 0 aromatic rings. The maximum atomic E-state index is 11.7. The predicted octanol–water partition coefficient (Wildman–Crippen LogP) is 1.04. The first-order chi connectivity index (χ1) is 8.56. The van der Waals surface area contributed by atoms with E-state index < -0.39 is 33.6 Å². The van der Waals surface area contributed by atoms with Crippen LogP contribution in [0.2, 0.25) is 0 Å². The van der Waals surface area contributed by atoms with Crippen molar-refractivity contribution < 1.29 is 27.5 Å². The summed E-state index contributed by atoms with van der Waals surface area (Å²) in [5, 5.41) is 0. The second-order valence-corrected chi connectivity index (χ2v) is 6.51. The van der Waals surface area contributed by atoms with E-state index in [1.54, 1.807) is 25.5 Å². The van der Waals surface area contributed by atoms with Crippen LogP contribution in [0.5, 0.6) is 0 Å². The Bertz CT molecular complexity index is 428. The molecule has 0 spiro atoms. The Morgan fingerprint density at radius 1 is 1.26 bits per heavy atom. The zero-order valence-corrected chi connectivity index (χ0v) is 12.7. The molecule has 0 fully saturated rings. The standard InChI is InChI=1S/C11H21NO6S/c1-6-17-9(13)11(4,5)8(3)18-10(14)12-19(15,16)7-2/h8H,6-7H2,1-5H3,(H,12,14). The predicted molar refractivity (Wildman–Crippen MR) is 69.0 cm³/mol. The topological polar surface area (TPSA) is 98.8 Å². The van der Waals surface area contributed by atoms with Gasteiger partial charge in [0.15, 0.2) is 0 Å². The molecule has 0 rings (SSSR count). The zero-order chi connectivity index (χ0) is 15.3. The SMILES string of the molecule is CCOC(=O)C(C)(C)C(C)OC(=O)NS(=O)(=O)CC. The van der Waals surface area contributed by atoms with Crippen molar-refractivity contribution in [3.05, 3.63) is 0 Å². The lowest BCUT2D eigenvalue weighted by Crippen LogP contribution is -2.43. The van der Waals surface area contributed by atoms with Gasteiger partial charge < -0.3 is 9.47 Å². The van der Waals surface area contributed by atoms with Gasteiger partial charge in [-0.2, -0.15) is 0 Å². The van der Waals surface area contributed by atoms with Crippen LogP contribution in [0, 0.1) is 5.41 Å². The summed E-state index contributed by atoms with van der Waals surface area (Å²) in [6.07, 6.45) is -1.94. The molecule has 0 aliphatic rings. The monoisotopic (exact) mass is 295 g/mol. The molecule has 0 saturated carbocycles. The Morgan fingerprint density at radius 2 is 1.79 bits per heavy atom. The number of hydrogen-bond donors (Lipinski definition) is 1. The van der Waals surface area contributed by atoms with E-state index in [2.05, 4.69) is 0 Å². The minimum absolute atomic E-state index is 0.214. The highest BCUT2D eigenvalue weighted by Gasteiger charge is 2.38. The van der Waals surface area contributed by atoms with Crippen LogP contribution >= 0.6 is 0 Å². The maximum absolute atomic E-state index is 11.7. The van der Waals surface area contributed by atoms with E-state index in [-0.39, 0.29) is 12.4 Å². The second-order valence-electron chi connectivity index (χ2n) is 4.50. The molecule has 0 heterocycles. The molecule has 7 nitrogen and oxygen atoms in total. The van der Waals surface area contributed by atoms with Gasteiger partial charge >= 0.3 is 12.1 Å². The summed E-state index contributed by atoms with van der Waals surface area (Å²) < 4.78 is 33.8. The molecule has 1 unspecified atom stereocenters. The second kappa shape index (κ2) is 6.74. The summed E-state index contributed by atoms with van der Waals surface area (Å²) in [4.78, 5) is 23.1. The largest absolute Gasteiger partial charge is 0.465 e. The number of amides is 1. The third-order valence-electron chi connectivity index (χ3n) is 2.72. The van der Waals surface area contributed by atoms with Crippen LogP contribution in [0.4, 0.5) is 4.79 Å². The average Bonchev–Trinajstić information content (AvgIpc) is 2.28. The molecule has 112 valence electrons. The summed E-state index contributed by atoms with van der Waals surface area (Å²) in [5.41, 5.74) is -1.07. The van der Waals surface area contributed by atoms with Crippen molar-refractivity contribution in [1.82, 2.24) is 4.72 Å². The average molecular weight is 295 g/mol. The quantitative estimate of drug-likeness (QED) is 0.735. The third kappa shape index (κ3) is 5.46. The Hall–Kier alpha value is -1.31. The van der Waals surface area contributed by atoms with Gasteiger partial charge in [0.2, 0.25) is 10.0 Å². The van der Waals surface area contributed by atoms with Crippen LogP contribution in [0.1, 0.15) is 34.6 Å². The highest BCUT2D eigenvalue weighted by molar-refractivity contribution is 7.89. The first-order valence-electron chi connectivity index (χ1n) is 5.95.